The summed E-state index contributed by atoms with van der Waals surface area (Å²) < 4.78 is 0. The molecule has 2 aromatic carbocycles. The van der Waals surface area contributed by atoms with E-state index < -0.39 is 0 Å². The Hall–Kier alpha value is -2.57. The molecule has 3 nitrogen and oxygen atoms in total. The van der Waals surface area contributed by atoms with Gasteiger partial charge in [-0.1, -0.05) is 30.4 Å². The molecule has 0 fully saturated rings. The predicted molar refractivity (Wildman–Crippen MR) is 91.6 cm³/mol. The highest BCUT2D eigenvalue weighted by Crippen LogP contribution is 2.22. The molecule has 0 aliphatic rings. The summed E-state index contributed by atoms with van der Waals surface area (Å²) in [4.78, 5) is 2.05. The predicted octanol–water partition coefficient (Wildman–Crippen LogP) is 3.33. The molecule has 1 N–H and O–H groups in total. The fraction of sp³-hybridized carbons (Fsp3) is 0.211. The smallest absolute Gasteiger partial charge is 0.0991 e. The monoisotopic (exact) mass is 292 g/mol. The van der Waals surface area contributed by atoms with E-state index in [0.29, 0.717) is 12.0 Å². The average molecular weight is 292 g/mol. The van der Waals surface area contributed by atoms with Crippen molar-refractivity contribution < 1.29 is 5.11 Å². The van der Waals surface area contributed by atoms with Gasteiger partial charge in [-0.05, 0) is 47.4 Å². The second kappa shape index (κ2) is 7.44. The summed E-state index contributed by atoms with van der Waals surface area (Å²) >= 11 is 0. The minimum absolute atomic E-state index is 0.142. The van der Waals surface area contributed by atoms with E-state index in [-0.39, 0.29) is 6.61 Å². The van der Waals surface area contributed by atoms with E-state index in [1.54, 1.807) is 0 Å². The maximum Gasteiger partial charge on any atom is 0.0991 e. The molecule has 0 aliphatic carbocycles. The SMILES string of the molecule is CN(C)c1ccc(/C=C/c2ccc(C#N)cc2)cc1CCO. The lowest BCUT2D eigenvalue weighted by Crippen LogP contribution is -2.12. The Labute approximate surface area is 131 Å². The summed E-state index contributed by atoms with van der Waals surface area (Å²) in [5.41, 5.74) is 5.08. The molecular weight excluding hydrogens is 272 g/mol. The van der Waals surface area contributed by atoms with E-state index >= 15 is 0 Å². The van der Waals surface area contributed by atoms with Crippen LogP contribution in [0.4, 0.5) is 5.69 Å². The number of aliphatic hydroxyl groups is 1. The number of anilines is 1. The molecule has 22 heavy (non-hydrogen) atoms. The second-order valence-corrected chi connectivity index (χ2v) is 5.32. The standard InChI is InChI=1S/C19H20N2O/c1-21(2)19-10-9-16(13-18(19)11-12-22)6-3-15-4-7-17(14-20)8-5-15/h3-10,13,22H,11-12H2,1-2H3/b6-3+. The van der Waals surface area contributed by atoms with E-state index in [4.69, 9.17) is 5.26 Å². The maximum atomic E-state index is 9.21. The lowest BCUT2D eigenvalue weighted by molar-refractivity contribution is 0.299. The summed E-state index contributed by atoms with van der Waals surface area (Å²) in [6, 6.07) is 15.8. The van der Waals surface area contributed by atoms with Crippen molar-refractivity contribution in [3.63, 3.8) is 0 Å². The largest absolute Gasteiger partial charge is 0.396 e. The van der Waals surface area contributed by atoms with E-state index in [2.05, 4.69) is 29.2 Å². The molecular formula is C19H20N2O. The normalized spacial score (nSPS) is 10.6. The highest BCUT2D eigenvalue weighted by molar-refractivity contribution is 5.71. The van der Waals surface area contributed by atoms with Crippen molar-refractivity contribution >= 4 is 17.8 Å². The van der Waals surface area contributed by atoms with E-state index in [1.807, 2.05) is 50.5 Å². The molecule has 0 amide bonds. The Bertz CT molecular complexity index is 694. The minimum atomic E-state index is 0.142. The van der Waals surface area contributed by atoms with Crippen molar-refractivity contribution in [3.05, 3.63) is 64.7 Å². The van der Waals surface area contributed by atoms with Gasteiger partial charge in [-0.15, -0.1) is 0 Å². The number of nitriles is 1. The summed E-state index contributed by atoms with van der Waals surface area (Å²) in [7, 11) is 4.00. The minimum Gasteiger partial charge on any atom is -0.396 e. The molecule has 2 rings (SSSR count). The van der Waals surface area contributed by atoms with Gasteiger partial charge in [0, 0.05) is 26.4 Å². The van der Waals surface area contributed by atoms with Gasteiger partial charge in [0.15, 0.2) is 0 Å². The lowest BCUT2D eigenvalue weighted by Gasteiger charge is -2.17. The van der Waals surface area contributed by atoms with Crippen LogP contribution in [0.3, 0.4) is 0 Å². The third kappa shape index (κ3) is 3.97. The summed E-state index contributed by atoms with van der Waals surface area (Å²) in [6.07, 6.45) is 4.71. The molecule has 0 bridgehead atoms. The third-order valence-corrected chi connectivity index (χ3v) is 3.47. The third-order valence-electron chi connectivity index (χ3n) is 3.47. The number of hydrogen-bond acceptors (Lipinski definition) is 3. The van der Waals surface area contributed by atoms with Gasteiger partial charge in [-0.3, -0.25) is 0 Å². The van der Waals surface area contributed by atoms with Crippen LogP contribution in [0.15, 0.2) is 42.5 Å². The Morgan fingerprint density at radius 1 is 1.05 bits per heavy atom. The molecule has 0 saturated carbocycles. The summed E-state index contributed by atoms with van der Waals surface area (Å²) in [6.45, 7) is 0.142. The van der Waals surface area contributed by atoms with E-state index in [9.17, 15) is 5.11 Å². The fourth-order valence-electron chi connectivity index (χ4n) is 2.33. The van der Waals surface area contributed by atoms with Crippen molar-refractivity contribution in [2.75, 3.05) is 25.6 Å². The average Bonchev–Trinajstić information content (AvgIpc) is 2.53. The van der Waals surface area contributed by atoms with Crippen LogP contribution in [0.2, 0.25) is 0 Å². The van der Waals surface area contributed by atoms with Crippen LogP contribution in [0, 0.1) is 11.3 Å². The first-order chi connectivity index (χ1) is 10.6. The van der Waals surface area contributed by atoms with Crippen LogP contribution in [0.25, 0.3) is 12.2 Å². The van der Waals surface area contributed by atoms with Crippen LogP contribution in [0.1, 0.15) is 22.3 Å². The van der Waals surface area contributed by atoms with Crippen LogP contribution in [-0.2, 0) is 6.42 Å². The Balaban J connectivity index is 2.23. The van der Waals surface area contributed by atoms with Crippen molar-refractivity contribution in [2.24, 2.45) is 0 Å². The molecule has 0 heterocycles. The molecule has 112 valence electrons. The first-order valence-corrected chi connectivity index (χ1v) is 7.23. The van der Waals surface area contributed by atoms with Gasteiger partial charge >= 0.3 is 0 Å². The Morgan fingerprint density at radius 3 is 2.27 bits per heavy atom. The van der Waals surface area contributed by atoms with Gasteiger partial charge < -0.3 is 10.0 Å². The summed E-state index contributed by atoms with van der Waals surface area (Å²) in [5.74, 6) is 0. The molecule has 0 atom stereocenters. The zero-order chi connectivity index (χ0) is 15.9. The van der Waals surface area contributed by atoms with Gasteiger partial charge in [-0.25, -0.2) is 0 Å². The maximum absolute atomic E-state index is 9.21. The van der Waals surface area contributed by atoms with Gasteiger partial charge in [0.25, 0.3) is 0 Å². The Kier molecular flexibility index (Phi) is 5.35. The number of hydrogen-bond donors (Lipinski definition) is 1. The van der Waals surface area contributed by atoms with Gasteiger partial charge in [-0.2, -0.15) is 5.26 Å². The Morgan fingerprint density at radius 2 is 1.68 bits per heavy atom. The molecule has 0 spiro atoms. The molecule has 0 aromatic heterocycles. The molecule has 0 unspecified atom stereocenters. The molecule has 0 saturated heterocycles. The van der Waals surface area contributed by atoms with Gasteiger partial charge in [0.1, 0.15) is 0 Å². The topological polar surface area (TPSA) is 47.3 Å². The van der Waals surface area contributed by atoms with Crippen molar-refractivity contribution in [3.8, 4) is 6.07 Å². The first-order valence-electron chi connectivity index (χ1n) is 7.23. The summed E-state index contributed by atoms with van der Waals surface area (Å²) in [5, 5.41) is 18.0. The van der Waals surface area contributed by atoms with Crippen molar-refractivity contribution in [1.29, 1.82) is 5.26 Å². The number of nitrogens with zero attached hydrogens (tertiary/aromatic N) is 2. The van der Waals surface area contributed by atoms with Gasteiger partial charge in [0.2, 0.25) is 0 Å². The highest BCUT2D eigenvalue weighted by Gasteiger charge is 2.04. The molecule has 3 heteroatoms. The zero-order valence-electron chi connectivity index (χ0n) is 13.0. The number of aliphatic hydroxyl groups excluding tert-OH is 1. The molecule has 0 aliphatic heterocycles. The van der Waals surface area contributed by atoms with Crippen LogP contribution in [0.5, 0.6) is 0 Å². The fourth-order valence-corrected chi connectivity index (χ4v) is 2.33. The van der Waals surface area contributed by atoms with Crippen LogP contribution >= 0.6 is 0 Å². The lowest BCUT2D eigenvalue weighted by atomic mass is 10.0. The zero-order valence-corrected chi connectivity index (χ0v) is 13.0. The highest BCUT2D eigenvalue weighted by atomic mass is 16.2. The quantitative estimate of drug-likeness (QED) is 0.860. The first kappa shape index (κ1) is 15.8. The second-order valence-electron chi connectivity index (χ2n) is 5.32. The number of rotatable bonds is 5. The molecule has 0 radical (unpaired) electrons. The van der Waals surface area contributed by atoms with Gasteiger partial charge in [0.05, 0.1) is 11.6 Å². The van der Waals surface area contributed by atoms with Crippen LogP contribution < -0.4 is 4.90 Å². The molecule has 2 aromatic rings. The van der Waals surface area contributed by atoms with E-state index in [0.717, 1.165) is 22.4 Å². The van der Waals surface area contributed by atoms with Crippen LogP contribution in [-0.4, -0.2) is 25.8 Å². The van der Waals surface area contributed by atoms with E-state index in [1.165, 1.54) is 0 Å². The van der Waals surface area contributed by atoms with Crippen molar-refractivity contribution in [2.45, 2.75) is 6.42 Å². The number of benzene rings is 2. The van der Waals surface area contributed by atoms with Crippen molar-refractivity contribution in [1.82, 2.24) is 0 Å².